The maximum Gasteiger partial charge on any atom is 0.228 e. The van der Waals surface area contributed by atoms with E-state index in [0.29, 0.717) is 13.1 Å². The van der Waals surface area contributed by atoms with Crippen LogP contribution in [0.5, 0.6) is 0 Å². The summed E-state index contributed by atoms with van der Waals surface area (Å²) in [5.41, 5.74) is 7.13. The van der Waals surface area contributed by atoms with Gasteiger partial charge in [-0.3, -0.25) is 9.59 Å². The van der Waals surface area contributed by atoms with Crippen molar-refractivity contribution < 1.29 is 9.59 Å². The van der Waals surface area contributed by atoms with Crippen molar-refractivity contribution >= 4 is 17.5 Å². The Morgan fingerprint density at radius 2 is 1.89 bits per heavy atom. The van der Waals surface area contributed by atoms with E-state index < -0.39 is 0 Å². The Morgan fingerprint density at radius 3 is 2.39 bits per heavy atom. The van der Waals surface area contributed by atoms with Crippen LogP contribution in [0.1, 0.15) is 19.4 Å². The van der Waals surface area contributed by atoms with Crippen LogP contribution in [0.15, 0.2) is 24.3 Å². The summed E-state index contributed by atoms with van der Waals surface area (Å²) >= 11 is 0. The number of nitrogens with two attached hydrogens (primary N) is 1. The quantitative estimate of drug-likeness (QED) is 0.723. The number of rotatable bonds is 5. The molecular formula is C13H19N3O2. The number of benzene rings is 1. The van der Waals surface area contributed by atoms with Crippen LogP contribution in [0.2, 0.25) is 0 Å². The molecule has 0 radical (unpaired) electrons. The molecule has 0 saturated heterocycles. The zero-order valence-corrected chi connectivity index (χ0v) is 10.7. The standard InChI is InChI=1S/C13H19N3O2/c1-9(7-14)13(18)16-12-5-3-11(4-6-12)8-15-10(2)17/h3-6,9H,7-8,14H2,1-2H3,(H,15,17)(H,16,18). The van der Waals surface area contributed by atoms with Gasteiger partial charge in [-0.25, -0.2) is 0 Å². The molecule has 1 rings (SSSR count). The minimum atomic E-state index is -0.205. The van der Waals surface area contributed by atoms with E-state index >= 15 is 0 Å². The highest BCUT2D eigenvalue weighted by Gasteiger charge is 2.10. The monoisotopic (exact) mass is 249 g/mol. The van der Waals surface area contributed by atoms with Gasteiger partial charge in [-0.1, -0.05) is 19.1 Å². The van der Waals surface area contributed by atoms with Gasteiger partial charge in [0.25, 0.3) is 0 Å². The van der Waals surface area contributed by atoms with Crippen molar-refractivity contribution in [3.63, 3.8) is 0 Å². The smallest absolute Gasteiger partial charge is 0.228 e. The van der Waals surface area contributed by atoms with Crippen LogP contribution in [-0.4, -0.2) is 18.4 Å². The summed E-state index contributed by atoms with van der Waals surface area (Å²) in [7, 11) is 0. The molecular weight excluding hydrogens is 230 g/mol. The molecule has 1 aromatic rings. The molecule has 4 N–H and O–H groups in total. The van der Waals surface area contributed by atoms with E-state index in [0.717, 1.165) is 11.3 Å². The average molecular weight is 249 g/mol. The number of carbonyl (C=O) groups excluding carboxylic acids is 2. The maximum atomic E-state index is 11.6. The molecule has 18 heavy (non-hydrogen) atoms. The molecule has 0 aromatic heterocycles. The van der Waals surface area contributed by atoms with E-state index in [2.05, 4.69) is 10.6 Å². The molecule has 0 heterocycles. The van der Waals surface area contributed by atoms with E-state index in [4.69, 9.17) is 5.73 Å². The number of nitrogens with one attached hydrogen (secondary N) is 2. The van der Waals surface area contributed by atoms with Crippen LogP contribution in [0.25, 0.3) is 0 Å². The summed E-state index contributed by atoms with van der Waals surface area (Å²) < 4.78 is 0. The molecule has 0 aliphatic heterocycles. The highest BCUT2D eigenvalue weighted by molar-refractivity contribution is 5.92. The molecule has 0 aliphatic rings. The first-order valence-electron chi connectivity index (χ1n) is 5.87. The van der Waals surface area contributed by atoms with Crippen LogP contribution < -0.4 is 16.4 Å². The van der Waals surface area contributed by atoms with Gasteiger partial charge in [-0.2, -0.15) is 0 Å². The molecule has 1 unspecified atom stereocenters. The van der Waals surface area contributed by atoms with Crippen molar-refractivity contribution in [3.05, 3.63) is 29.8 Å². The van der Waals surface area contributed by atoms with Crippen LogP contribution in [-0.2, 0) is 16.1 Å². The van der Waals surface area contributed by atoms with Gasteiger partial charge in [-0.15, -0.1) is 0 Å². The third kappa shape index (κ3) is 4.55. The number of hydrogen-bond donors (Lipinski definition) is 3. The van der Waals surface area contributed by atoms with Gasteiger partial charge >= 0.3 is 0 Å². The van der Waals surface area contributed by atoms with Gasteiger partial charge < -0.3 is 16.4 Å². The fraction of sp³-hybridized carbons (Fsp3) is 0.385. The third-order valence-corrected chi connectivity index (χ3v) is 2.56. The van der Waals surface area contributed by atoms with Gasteiger partial charge in [0.15, 0.2) is 0 Å². The molecule has 1 atom stereocenters. The highest BCUT2D eigenvalue weighted by atomic mass is 16.2. The fourth-order valence-electron chi connectivity index (χ4n) is 1.30. The molecule has 0 bridgehead atoms. The van der Waals surface area contributed by atoms with Crippen molar-refractivity contribution in [2.75, 3.05) is 11.9 Å². The minimum absolute atomic E-state index is 0.0656. The van der Waals surface area contributed by atoms with Crippen molar-refractivity contribution in [2.24, 2.45) is 11.7 Å². The molecule has 0 saturated carbocycles. The topological polar surface area (TPSA) is 84.2 Å². The van der Waals surface area contributed by atoms with Crippen molar-refractivity contribution in [1.29, 1.82) is 0 Å². The summed E-state index contributed by atoms with van der Waals surface area (Å²) in [4.78, 5) is 22.4. The van der Waals surface area contributed by atoms with Crippen molar-refractivity contribution in [1.82, 2.24) is 5.32 Å². The number of anilines is 1. The molecule has 2 amide bonds. The normalized spacial score (nSPS) is 11.7. The Labute approximate surface area is 107 Å². The lowest BCUT2D eigenvalue weighted by atomic mass is 10.1. The Bertz CT molecular complexity index is 415. The van der Waals surface area contributed by atoms with E-state index in [1.165, 1.54) is 6.92 Å². The Kier molecular flexibility index (Phi) is 5.32. The molecule has 1 aromatic carbocycles. The summed E-state index contributed by atoms with van der Waals surface area (Å²) in [5.74, 6) is -0.361. The van der Waals surface area contributed by atoms with E-state index in [1.807, 2.05) is 12.1 Å². The zero-order valence-electron chi connectivity index (χ0n) is 10.7. The molecule has 5 heteroatoms. The van der Waals surface area contributed by atoms with Gasteiger partial charge in [0.05, 0.1) is 0 Å². The van der Waals surface area contributed by atoms with E-state index in [1.54, 1.807) is 19.1 Å². The lowest BCUT2D eigenvalue weighted by molar-refractivity contribution is -0.119. The molecule has 0 aliphatic carbocycles. The van der Waals surface area contributed by atoms with Crippen LogP contribution in [0, 0.1) is 5.92 Å². The van der Waals surface area contributed by atoms with E-state index in [9.17, 15) is 9.59 Å². The molecule has 5 nitrogen and oxygen atoms in total. The third-order valence-electron chi connectivity index (χ3n) is 2.56. The lowest BCUT2D eigenvalue weighted by Gasteiger charge is -2.10. The second-order valence-corrected chi connectivity index (χ2v) is 4.23. The zero-order chi connectivity index (χ0) is 13.5. The number of carbonyl (C=O) groups is 2. The molecule has 98 valence electrons. The lowest BCUT2D eigenvalue weighted by Crippen LogP contribution is -2.26. The average Bonchev–Trinajstić information content (AvgIpc) is 2.36. The second-order valence-electron chi connectivity index (χ2n) is 4.23. The maximum absolute atomic E-state index is 11.6. The van der Waals surface area contributed by atoms with Crippen LogP contribution in [0.3, 0.4) is 0 Å². The first-order valence-corrected chi connectivity index (χ1v) is 5.87. The van der Waals surface area contributed by atoms with Gasteiger partial charge in [0.1, 0.15) is 0 Å². The summed E-state index contributed by atoms with van der Waals surface area (Å²) in [6.45, 7) is 4.07. The summed E-state index contributed by atoms with van der Waals surface area (Å²) in [5, 5.41) is 5.49. The predicted molar refractivity (Wildman–Crippen MR) is 70.8 cm³/mol. The van der Waals surface area contributed by atoms with Gasteiger partial charge in [-0.05, 0) is 17.7 Å². The summed E-state index contributed by atoms with van der Waals surface area (Å²) in [6.07, 6.45) is 0. The van der Waals surface area contributed by atoms with Crippen molar-refractivity contribution in [2.45, 2.75) is 20.4 Å². The molecule has 0 spiro atoms. The van der Waals surface area contributed by atoms with Gasteiger partial charge in [0.2, 0.25) is 11.8 Å². The van der Waals surface area contributed by atoms with Gasteiger partial charge in [0, 0.05) is 31.6 Å². The highest BCUT2D eigenvalue weighted by Crippen LogP contribution is 2.10. The number of hydrogen-bond acceptors (Lipinski definition) is 3. The SMILES string of the molecule is CC(=O)NCc1ccc(NC(=O)C(C)CN)cc1. The first-order chi connectivity index (χ1) is 8.52. The Hall–Kier alpha value is -1.88. The Morgan fingerprint density at radius 1 is 1.28 bits per heavy atom. The second kappa shape index (κ2) is 6.76. The Balaban J connectivity index is 2.55. The van der Waals surface area contributed by atoms with Crippen LogP contribution in [0.4, 0.5) is 5.69 Å². The van der Waals surface area contributed by atoms with Crippen molar-refractivity contribution in [3.8, 4) is 0 Å². The first kappa shape index (κ1) is 14.2. The largest absolute Gasteiger partial charge is 0.352 e. The van der Waals surface area contributed by atoms with E-state index in [-0.39, 0.29) is 17.7 Å². The number of amides is 2. The summed E-state index contributed by atoms with van der Waals surface area (Å²) in [6, 6.07) is 7.33. The molecule has 0 fully saturated rings. The van der Waals surface area contributed by atoms with Crippen LogP contribution >= 0.6 is 0 Å². The minimum Gasteiger partial charge on any atom is -0.352 e. The predicted octanol–water partition coefficient (Wildman–Crippen LogP) is 0.856. The fourth-order valence-corrected chi connectivity index (χ4v) is 1.30.